The first-order valence-electron chi connectivity index (χ1n) is 10.1. The van der Waals surface area contributed by atoms with Gasteiger partial charge in [-0.3, -0.25) is 19.1 Å². The van der Waals surface area contributed by atoms with Crippen molar-refractivity contribution >= 4 is 5.91 Å². The minimum atomic E-state index is -0.0502. The van der Waals surface area contributed by atoms with Crippen molar-refractivity contribution in [3.05, 3.63) is 47.3 Å². The van der Waals surface area contributed by atoms with Gasteiger partial charge in [-0.05, 0) is 43.7 Å². The van der Waals surface area contributed by atoms with Crippen molar-refractivity contribution in [3.63, 3.8) is 0 Å². The zero-order chi connectivity index (χ0) is 19.3. The van der Waals surface area contributed by atoms with Crippen LogP contribution in [0, 0.1) is 5.92 Å². The molecule has 1 amide bonds. The van der Waals surface area contributed by atoms with Crippen molar-refractivity contribution < 1.29 is 9.53 Å². The van der Waals surface area contributed by atoms with Crippen LogP contribution in [0.2, 0.25) is 0 Å². The molecule has 0 aromatic carbocycles. The molecule has 2 saturated heterocycles. The first-order chi connectivity index (χ1) is 13.7. The van der Waals surface area contributed by atoms with Gasteiger partial charge in [-0.25, -0.2) is 4.98 Å². The van der Waals surface area contributed by atoms with Crippen LogP contribution in [-0.4, -0.2) is 51.1 Å². The number of hydrogen-bond acceptors (Lipinski definition) is 5. The molecule has 2 aliphatic rings. The van der Waals surface area contributed by atoms with Gasteiger partial charge < -0.3 is 9.64 Å². The van der Waals surface area contributed by atoms with Crippen LogP contribution in [0.4, 0.5) is 0 Å². The summed E-state index contributed by atoms with van der Waals surface area (Å²) in [6.07, 6.45) is 9.51. The molecule has 7 nitrogen and oxygen atoms in total. The molecule has 4 heterocycles. The summed E-state index contributed by atoms with van der Waals surface area (Å²) in [6, 6.07) is 5.29. The van der Waals surface area contributed by atoms with Crippen molar-refractivity contribution in [2.24, 2.45) is 5.92 Å². The molecule has 2 aliphatic heterocycles. The molecule has 28 heavy (non-hydrogen) atoms. The summed E-state index contributed by atoms with van der Waals surface area (Å²) in [5, 5.41) is 0. The van der Waals surface area contributed by atoms with E-state index in [0.717, 1.165) is 50.9 Å². The lowest BCUT2D eigenvalue weighted by Gasteiger charge is -2.32. The third-order valence-electron chi connectivity index (χ3n) is 5.69. The number of pyridine rings is 1. The number of nitrogens with zero attached hydrogens (tertiary/aromatic N) is 4. The maximum atomic E-state index is 12.5. The van der Waals surface area contributed by atoms with Crippen LogP contribution in [0.25, 0.3) is 11.3 Å². The summed E-state index contributed by atoms with van der Waals surface area (Å²) in [5.41, 5.74) is 1.43. The van der Waals surface area contributed by atoms with Crippen LogP contribution in [0.5, 0.6) is 0 Å². The smallest absolute Gasteiger partial charge is 0.253 e. The zero-order valence-electron chi connectivity index (χ0n) is 16.0. The Hall–Kier alpha value is -2.54. The number of ether oxygens (including phenoxy) is 1. The Morgan fingerprint density at radius 2 is 2.11 bits per heavy atom. The number of rotatable bonds is 5. The van der Waals surface area contributed by atoms with E-state index in [2.05, 4.69) is 9.97 Å². The molecule has 148 valence electrons. The van der Waals surface area contributed by atoms with E-state index in [4.69, 9.17) is 4.74 Å². The van der Waals surface area contributed by atoms with Gasteiger partial charge in [0.15, 0.2) is 0 Å². The van der Waals surface area contributed by atoms with E-state index in [-0.39, 0.29) is 17.6 Å². The fourth-order valence-electron chi connectivity index (χ4n) is 4.01. The number of hydrogen-bond donors (Lipinski definition) is 0. The molecule has 0 N–H and O–H groups in total. The second-order valence-electron chi connectivity index (χ2n) is 7.67. The Labute approximate surface area is 164 Å². The minimum absolute atomic E-state index is 0.0502. The van der Waals surface area contributed by atoms with Crippen LogP contribution in [-0.2, 0) is 16.1 Å². The predicted molar refractivity (Wildman–Crippen MR) is 105 cm³/mol. The van der Waals surface area contributed by atoms with Gasteiger partial charge in [0.05, 0.1) is 24.5 Å². The SMILES string of the molecule is O=C(CC1CCCO1)N1CCC(Cn2cnc(-c3cccnc3)cc2=O)CC1. The van der Waals surface area contributed by atoms with E-state index in [1.165, 1.54) is 0 Å². The quantitative estimate of drug-likeness (QED) is 0.792. The largest absolute Gasteiger partial charge is 0.378 e. The monoisotopic (exact) mass is 382 g/mol. The lowest BCUT2D eigenvalue weighted by molar-refractivity contribution is -0.134. The molecule has 4 rings (SSSR count). The van der Waals surface area contributed by atoms with Crippen LogP contribution < -0.4 is 5.56 Å². The molecule has 0 radical (unpaired) electrons. The zero-order valence-corrected chi connectivity index (χ0v) is 16.0. The minimum Gasteiger partial charge on any atom is -0.378 e. The maximum absolute atomic E-state index is 12.5. The van der Waals surface area contributed by atoms with E-state index in [1.807, 2.05) is 17.0 Å². The average molecular weight is 382 g/mol. The van der Waals surface area contributed by atoms with Crippen molar-refractivity contribution in [2.45, 2.75) is 44.8 Å². The molecule has 0 bridgehead atoms. The second-order valence-corrected chi connectivity index (χ2v) is 7.67. The lowest BCUT2D eigenvalue weighted by atomic mass is 9.96. The summed E-state index contributed by atoms with van der Waals surface area (Å²) >= 11 is 0. The Balaban J connectivity index is 1.31. The molecule has 0 aliphatic carbocycles. The average Bonchev–Trinajstić information content (AvgIpc) is 3.24. The van der Waals surface area contributed by atoms with Crippen LogP contribution in [0.15, 0.2) is 41.7 Å². The van der Waals surface area contributed by atoms with Gasteiger partial charge in [0.25, 0.3) is 5.56 Å². The Kier molecular flexibility index (Phi) is 5.81. The van der Waals surface area contributed by atoms with Crippen molar-refractivity contribution in [2.75, 3.05) is 19.7 Å². The van der Waals surface area contributed by atoms with E-state index >= 15 is 0 Å². The van der Waals surface area contributed by atoms with Gasteiger partial charge in [-0.2, -0.15) is 0 Å². The molecular weight excluding hydrogens is 356 g/mol. The summed E-state index contributed by atoms with van der Waals surface area (Å²) in [6.45, 7) is 2.94. The number of carbonyl (C=O) groups is 1. The van der Waals surface area contributed by atoms with Crippen LogP contribution in [0.1, 0.15) is 32.1 Å². The molecule has 7 heteroatoms. The number of aromatic nitrogens is 3. The van der Waals surface area contributed by atoms with Gasteiger partial charge in [0.1, 0.15) is 0 Å². The van der Waals surface area contributed by atoms with Gasteiger partial charge >= 0.3 is 0 Å². The molecule has 1 unspecified atom stereocenters. The lowest BCUT2D eigenvalue weighted by Crippen LogP contribution is -2.41. The standard InChI is InChI=1S/C21H26N4O3/c26-20(11-18-4-2-10-28-18)24-8-5-16(6-9-24)14-25-15-23-19(12-21(25)27)17-3-1-7-22-13-17/h1,3,7,12-13,15-16,18H,2,4-6,8-11,14H2. The summed E-state index contributed by atoms with van der Waals surface area (Å²) < 4.78 is 7.25. The van der Waals surface area contributed by atoms with Crippen molar-refractivity contribution in [1.29, 1.82) is 0 Å². The normalized spacial score (nSPS) is 20.4. The highest BCUT2D eigenvalue weighted by Crippen LogP contribution is 2.22. The highest BCUT2D eigenvalue weighted by atomic mass is 16.5. The third-order valence-corrected chi connectivity index (χ3v) is 5.69. The van der Waals surface area contributed by atoms with E-state index < -0.39 is 0 Å². The second kappa shape index (κ2) is 8.65. The fraction of sp³-hybridized carbons (Fsp3) is 0.524. The molecule has 2 aromatic rings. The van der Waals surface area contributed by atoms with Gasteiger partial charge in [-0.15, -0.1) is 0 Å². The molecule has 0 saturated carbocycles. The molecule has 2 aromatic heterocycles. The van der Waals surface area contributed by atoms with Crippen molar-refractivity contribution in [3.8, 4) is 11.3 Å². The first kappa shape index (κ1) is 18.8. The van der Waals surface area contributed by atoms with Crippen molar-refractivity contribution in [1.82, 2.24) is 19.4 Å². The maximum Gasteiger partial charge on any atom is 0.253 e. The highest BCUT2D eigenvalue weighted by Gasteiger charge is 2.26. The van der Waals surface area contributed by atoms with E-state index in [0.29, 0.717) is 24.6 Å². The van der Waals surface area contributed by atoms with Gasteiger partial charge in [-0.1, -0.05) is 0 Å². The Morgan fingerprint density at radius 3 is 2.79 bits per heavy atom. The topological polar surface area (TPSA) is 77.3 Å². The molecule has 1 atom stereocenters. The predicted octanol–water partition coefficient (Wildman–Crippen LogP) is 2.11. The van der Waals surface area contributed by atoms with Gasteiger partial charge in [0.2, 0.25) is 5.91 Å². The fourth-order valence-corrected chi connectivity index (χ4v) is 4.01. The Morgan fingerprint density at radius 1 is 1.25 bits per heavy atom. The third kappa shape index (κ3) is 4.47. The number of likely N-dealkylation sites (tertiary alicyclic amines) is 1. The number of carbonyl (C=O) groups excluding carboxylic acids is 1. The molecule has 0 spiro atoms. The van der Waals surface area contributed by atoms with E-state index in [1.54, 1.807) is 29.4 Å². The molecule has 2 fully saturated rings. The first-order valence-corrected chi connectivity index (χ1v) is 10.1. The number of piperidine rings is 1. The number of amides is 1. The summed E-state index contributed by atoms with van der Waals surface area (Å²) in [7, 11) is 0. The summed E-state index contributed by atoms with van der Waals surface area (Å²) in [4.78, 5) is 35.3. The van der Waals surface area contributed by atoms with E-state index in [9.17, 15) is 9.59 Å². The summed E-state index contributed by atoms with van der Waals surface area (Å²) in [5.74, 6) is 0.584. The van der Waals surface area contributed by atoms with Gasteiger partial charge in [0, 0.05) is 50.3 Å². The van der Waals surface area contributed by atoms with Crippen LogP contribution >= 0.6 is 0 Å². The Bertz CT molecular complexity index is 853. The van der Waals surface area contributed by atoms with Crippen LogP contribution in [0.3, 0.4) is 0 Å². The highest BCUT2D eigenvalue weighted by molar-refractivity contribution is 5.76. The molecular formula is C21H26N4O3.